The predicted molar refractivity (Wildman–Crippen MR) is 85.7 cm³/mol. The Morgan fingerprint density at radius 1 is 1.17 bits per heavy atom. The minimum atomic E-state index is -4.05. The van der Waals surface area contributed by atoms with Crippen molar-refractivity contribution < 1.29 is 22.3 Å². The zero-order chi connectivity index (χ0) is 17.0. The van der Waals surface area contributed by atoms with Crippen molar-refractivity contribution >= 4 is 33.0 Å². The smallest absolute Gasteiger partial charge is 0.250 e. The molecule has 0 bridgehead atoms. The van der Waals surface area contributed by atoms with E-state index in [9.17, 15) is 22.3 Å². The van der Waals surface area contributed by atoms with E-state index >= 15 is 0 Å². The lowest BCUT2D eigenvalue weighted by Crippen LogP contribution is -2.43. The van der Waals surface area contributed by atoms with Crippen molar-refractivity contribution in [3.8, 4) is 0 Å². The lowest BCUT2D eigenvalue weighted by atomic mass is 9.93. The Morgan fingerprint density at radius 2 is 1.83 bits per heavy atom. The van der Waals surface area contributed by atoms with Crippen LogP contribution in [-0.2, 0) is 10.0 Å². The van der Waals surface area contributed by atoms with Crippen LogP contribution in [0.1, 0.15) is 11.5 Å². The van der Waals surface area contributed by atoms with E-state index in [-0.39, 0.29) is 14.1 Å². The highest BCUT2D eigenvalue weighted by atomic mass is 35.5. The number of alkyl halides is 2. The van der Waals surface area contributed by atoms with Gasteiger partial charge in [-0.25, -0.2) is 21.9 Å². The van der Waals surface area contributed by atoms with Gasteiger partial charge in [0.25, 0.3) is 0 Å². The Bertz CT molecular complexity index is 737. The third-order valence-corrected chi connectivity index (χ3v) is 6.42. The first-order valence-electron chi connectivity index (χ1n) is 6.57. The van der Waals surface area contributed by atoms with Gasteiger partial charge in [-0.15, -0.1) is 11.3 Å². The zero-order valence-electron chi connectivity index (χ0n) is 11.7. The molecule has 2 aromatic rings. The van der Waals surface area contributed by atoms with Crippen LogP contribution in [-0.4, -0.2) is 32.6 Å². The first kappa shape index (κ1) is 18.3. The molecule has 1 heterocycles. The maximum absolute atomic E-state index is 13.4. The predicted octanol–water partition coefficient (Wildman–Crippen LogP) is 3.09. The average molecular weight is 382 g/mol. The zero-order valence-corrected chi connectivity index (χ0v) is 14.1. The molecule has 0 aliphatic rings. The Morgan fingerprint density at radius 3 is 2.30 bits per heavy atom. The monoisotopic (exact) mass is 381 g/mol. The fourth-order valence-electron chi connectivity index (χ4n) is 2.15. The lowest BCUT2D eigenvalue weighted by Gasteiger charge is -2.26. The summed E-state index contributed by atoms with van der Waals surface area (Å²) >= 11 is 6.51. The molecule has 0 saturated carbocycles. The highest BCUT2D eigenvalue weighted by Gasteiger charge is 2.34. The van der Waals surface area contributed by atoms with Crippen LogP contribution in [0.2, 0.25) is 4.34 Å². The summed E-state index contributed by atoms with van der Waals surface area (Å²) < 4.78 is 53.7. The Labute approximate surface area is 141 Å². The van der Waals surface area contributed by atoms with Gasteiger partial charge in [0.15, 0.2) is 0 Å². The second-order valence-corrected chi connectivity index (χ2v) is 8.40. The maximum Gasteiger partial charge on any atom is 0.250 e. The summed E-state index contributed by atoms with van der Waals surface area (Å²) in [5, 5.41) is 9.44. The van der Waals surface area contributed by atoms with E-state index in [1.54, 1.807) is 18.2 Å². The molecule has 0 fully saturated rings. The number of aliphatic hydroxyl groups excluding tert-OH is 1. The Balaban J connectivity index is 2.30. The molecule has 23 heavy (non-hydrogen) atoms. The van der Waals surface area contributed by atoms with E-state index in [4.69, 9.17) is 11.6 Å². The standard InChI is InChI=1S/C14H14ClF2NO3S2/c15-11-6-7-12(22-11)23(20,21)18-10(8-19)13(14(16)17)9-4-2-1-3-5-9/h1-7,10,13-14,18-19H,8H2/t10-,13+/m1/s1. The first-order valence-corrected chi connectivity index (χ1v) is 9.24. The third-order valence-electron chi connectivity index (χ3n) is 3.21. The van der Waals surface area contributed by atoms with Crippen molar-refractivity contribution in [3.05, 3.63) is 52.4 Å². The van der Waals surface area contributed by atoms with Crippen LogP contribution < -0.4 is 4.72 Å². The molecule has 9 heteroatoms. The largest absolute Gasteiger partial charge is 0.395 e. The van der Waals surface area contributed by atoms with Gasteiger partial charge in [-0.1, -0.05) is 41.9 Å². The van der Waals surface area contributed by atoms with E-state index < -0.39 is 35.0 Å². The molecule has 0 aliphatic carbocycles. The minimum absolute atomic E-state index is 0.0953. The van der Waals surface area contributed by atoms with Crippen LogP contribution in [0.15, 0.2) is 46.7 Å². The summed E-state index contributed by atoms with van der Waals surface area (Å²) in [6.07, 6.45) is -2.84. The van der Waals surface area contributed by atoms with Gasteiger partial charge in [0, 0.05) is 0 Å². The maximum atomic E-state index is 13.4. The molecule has 0 aliphatic heterocycles. The number of benzene rings is 1. The van der Waals surface area contributed by atoms with Crippen molar-refractivity contribution in [3.63, 3.8) is 0 Å². The number of aliphatic hydroxyl groups is 1. The van der Waals surface area contributed by atoms with E-state index in [0.29, 0.717) is 0 Å². The van der Waals surface area contributed by atoms with E-state index in [1.165, 1.54) is 24.3 Å². The first-order chi connectivity index (χ1) is 10.8. The summed E-state index contributed by atoms with van der Waals surface area (Å²) in [6.45, 7) is -0.762. The molecule has 1 aromatic carbocycles. The van der Waals surface area contributed by atoms with Gasteiger partial charge in [-0.05, 0) is 17.7 Å². The van der Waals surface area contributed by atoms with Gasteiger partial charge in [0.05, 0.1) is 22.9 Å². The number of hydrogen-bond donors (Lipinski definition) is 2. The van der Waals surface area contributed by atoms with Crippen molar-refractivity contribution in [2.75, 3.05) is 6.61 Å². The highest BCUT2D eigenvalue weighted by Crippen LogP contribution is 2.30. The molecular formula is C14H14ClF2NO3S2. The van der Waals surface area contributed by atoms with Crippen molar-refractivity contribution in [2.24, 2.45) is 0 Å². The molecule has 126 valence electrons. The van der Waals surface area contributed by atoms with Crippen LogP contribution in [0.25, 0.3) is 0 Å². The molecule has 0 radical (unpaired) electrons. The van der Waals surface area contributed by atoms with Gasteiger partial charge >= 0.3 is 0 Å². The van der Waals surface area contributed by atoms with Crippen LogP contribution in [0.3, 0.4) is 0 Å². The van der Waals surface area contributed by atoms with Crippen molar-refractivity contribution in [2.45, 2.75) is 22.6 Å². The van der Waals surface area contributed by atoms with E-state index in [2.05, 4.69) is 4.72 Å². The molecule has 0 spiro atoms. The van der Waals surface area contributed by atoms with Crippen LogP contribution >= 0.6 is 22.9 Å². The molecule has 0 unspecified atom stereocenters. The molecular weight excluding hydrogens is 368 g/mol. The fourth-order valence-corrected chi connectivity index (χ4v) is 4.90. The van der Waals surface area contributed by atoms with Gasteiger partial charge in [0.1, 0.15) is 4.21 Å². The number of rotatable bonds is 7. The Hall–Kier alpha value is -1.06. The summed E-state index contributed by atoms with van der Waals surface area (Å²) in [7, 11) is -4.05. The molecule has 2 rings (SSSR count). The fraction of sp³-hybridized carbons (Fsp3) is 0.286. The molecule has 0 saturated heterocycles. The van der Waals surface area contributed by atoms with E-state index in [1.807, 2.05) is 0 Å². The van der Waals surface area contributed by atoms with Crippen LogP contribution in [0.4, 0.5) is 8.78 Å². The number of halogens is 3. The third kappa shape index (κ3) is 4.48. The number of sulfonamides is 1. The summed E-state index contributed by atoms with van der Waals surface area (Å²) in [5.74, 6) is -1.47. The molecule has 2 atom stereocenters. The van der Waals surface area contributed by atoms with Crippen LogP contribution in [0, 0.1) is 0 Å². The van der Waals surface area contributed by atoms with Crippen molar-refractivity contribution in [1.29, 1.82) is 0 Å². The van der Waals surface area contributed by atoms with E-state index in [0.717, 1.165) is 11.3 Å². The highest BCUT2D eigenvalue weighted by molar-refractivity contribution is 7.91. The van der Waals surface area contributed by atoms with Gasteiger partial charge in [-0.3, -0.25) is 0 Å². The summed E-state index contributed by atoms with van der Waals surface area (Å²) in [5.41, 5.74) is 0.244. The van der Waals surface area contributed by atoms with Gasteiger partial charge in [0.2, 0.25) is 16.4 Å². The van der Waals surface area contributed by atoms with Crippen molar-refractivity contribution in [1.82, 2.24) is 4.72 Å². The van der Waals surface area contributed by atoms with Gasteiger partial charge < -0.3 is 5.11 Å². The second kappa shape index (κ2) is 7.67. The minimum Gasteiger partial charge on any atom is -0.395 e. The average Bonchev–Trinajstić information content (AvgIpc) is 2.94. The normalized spacial score (nSPS) is 14.8. The van der Waals surface area contributed by atoms with Crippen LogP contribution in [0.5, 0.6) is 0 Å². The summed E-state index contributed by atoms with van der Waals surface area (Å²) in [6, 6.07) is 9.08. The molecule has 2 N–H and O–H groups in total. The summed E-state index contributed by atoms with van der Waals surface area (Å²) in [4.78, 5) is 0. The number of hydrogen-bond acceptors (Lipinski definition) is 4. The number of nitrogens with one attached hydrogen (secondary N) is 1. The quantitative estimate of drug-likeness (QED) is 0.774. The second-order valence-electron chi connectivity index (χ2n) is 4.74. The number of thiophene rings is 1. The Kier molecular flexibility index (Phi) is 6.10. The van der Waals surface area contributed by atoms with Gasteiger partial charge in [-0.2, -0.15) is 0 Å². The topological polar surface area (TPSA) is 66.4 Å². The SMILES string of the molecule is O=S(=O)(N[C@H](CO)[C@H](c1ccccc1)C(F)F)c1ccc(Cl)s1. The molecule has 4 nitrogen and oxygen atoms in total. The molecule has 1 aromatic heterocycles. The molecule has 0 amide bonds. The lowest BCUT2D eigenvalue weighted by molar-refractivity contribution is 0.0837.